The fourth-order valence-corrected chi connectivity index (χ4v) is 3.44. The van der Waals surface area contributed by atoms with Crippen LogP contribution in [0.15, 0.2) is 30.3 Å². The molecule has 1 aliphatic carbocycles. The summed E-state index contributed by atoms with van der Waals surface area (Å²) in [7, 11) is 0. The monoisotopic (exact) mass is 301 g/mol. The highest BCUT2D eigenvalue weighted by Crippen LogP contribution is 2.38. The molecule has 0 amide bonds. The SMILES string of the molecule is Clc1cc(Cc2nc3ccccc3s2)nc(C2CC2)n1. The average molecular weight is 302 g/mol. The number of benzene rings is 1. The van der Waals surface area contributed by atoms with Crippen LogP contribution in [0.1, 0.15) is 35.3 Å². The van der Waals surface area contributed by atoms with Crippen LogP contribution < -0.4 is 0 Å². The number of fused-ring (bicyclic) bond motifs is 1. The van der Waals surface area contributed by atoms with Gasteiger partial charge in [0.05, 0.1) is 20.9 Å². The van der Waals surface area contributed by atoms with Gasteiger partial charge in [-0.2, -0.15) is 0 Å². The predicted octanol–water partition coefficient (Wildman–Crippen LogP) is 4.21. The minimum absolute atomic E-state index is 0.516. The first-order chi connectivity index (χ1) is 9.78. The van der Waals surface area contributed by atoms with E-state index in [2.05, 4.69) is 21.0 Å². The molecule has 1 aromatic carbocycles. The van der Waals surface area contributed by atoms with Crippen molar-refractivity contribution in [3.05, 3.63) is 52.0 Å². The third-order valence-electron chi connectivity index (χ3n) is 3.38. The standard InChI is InChI=1S/C15H12ClN3S/c16-13-7-10(17-15(19-13)9-5-6-9)8-14-18-11-3-1-2-4-12(11)20-14/h1-4,7,9H,5-6,8H2. The Labute approximate surface area is 125 Å². The molecule has 1 fully saturated rings. The van der Waals surface area contributed by atoms with E-state index in [0.717, 1.165) is 28.5 Å². The summed E-state index contributed by atoms with van der Waals surface area (Å²) in [6.07, 6.45) is 3.09. The molecule has 0 bridgehead atoms. The first kappa shape index (κ1) is 12.2. The summed E-state index contributed by atoms with van der Waals surface area (Å²) in [6, 6.07) is 10.0. The Hall–Kier alpha value is -1.52. The van der Waals surface area contributed by atoms with Gasteiger partial charge in [-0.05, 0) is 31.0 Å². The van der Waals surface area contributed by atoms with Gasteiger partial charge in [-0.25, -0.2) is 15.0 Å². The van der Waals surface area contributed by atoms with Crippen molar-refractivity contribution in [3.8, 4) is 0 Å². The zero-order chi connectivity index (χ0) is 13.5. The number of hydrogen-bond acceptors (Lipinski definition) is 4. The normalized spacial score (nSPS) is 14.8. The van der Waals surface area contributed by atoms with Gasteiger partial charge in [0.2, 0.25) is 0 Å². The van der Waals surface area contributed by atoms with Crippen LogP contribution in [0.25, 0.3) is 10.2 Å². The first-order valence-electron chi connectivity index (χ1n) is 6.66. The molecule has 3 nitrogen and oxygen atoms in total. The van der Waals surface area contributed by atoms with E-state index in [9.17, 15) is 0 Å². The van der Waals surface area contributed by atoms with Crippen LogP contribution >= 0.6 is 22.9 Å². The maximum Gasteiger partial charge on any atom is 0.133 e. The molecular formula is C15H12ClN3S. The number of thiazole rings is 1. The van der Waals surface area contributed by atoms with Crippen LogP contribution in [0.4, 0.5) is 0 Å². The van der Waals surface area contributed by atoms with Gasteiger partial charge in [-0.1, -0.05) is 23.7 Å². The van der Waals surface area contributed by atoms with Gasteiger partial charge in [-0.3, -0.25) is 0 Å². The molecule has 20 heavy (non-hydrogen) atoms. The Morgan fingerprint density at radius 1 is 1.15 bits per heavy atom. The van der Waals surface area contributed by atoms with Crippen molar-refractivity contribution in [2.75, 3.05) is 0 Å². The van der Waals surface area contributed by atoms with Crippen molar-refractivity contribution >= 4 is 33.2 Å². The molecule has 0 N–H and O–H groups in total. The second-order valence-electron chi connectivity index (χ2n) is 5.07. The largest absolute Gasteiger partial charge is 0.241 e. The maximum atomic E-state index is 6.10. The van der Waals surface area contributed by atoms with Crippen LogP contribution in [-0.4, -0.2) is 15.0 Å². The van der Waals surface area contributed by atoms with Crippen LogP contribution in [0.2, 0.25) is 5.15 Å². The lowest BCUT2D eigenvalue weighted by Crippen LogP contribution is -1.99. The minimum Gasteiger partial charge on any atom is -0.241 e. The molecule has 0 spiro atoms. The zero-order valence-corrected chi connectivity index (χ0v) is 12.3. The third-order valence-corrected chi connectivity index (χ3v) is 4.61. The second-order valence-corrected chi connectivity index (χ2v) is 6.57. The molecule has 0 atom stereocenters. The van der Waals surface area contributed by atoms with Gasteiger partial charge in [0.1, 0.15) is 11.0 Å². The van der Waals surface area contributed by atoms with E-state index in [-0.39, 0.29) is 0 Å². The summed E-state index contributed by atoms with van der Waals surface area (Å²) in [4.78, 5) is 13.6. The number of nitrogens with zero attached hydrogens (tertiary/aromatic N) is 3. The van der Waals surface area contributed by atoms with Crippen LogP contribution in [0.5, 0.6) is 0 Å². The molecule has 2 aromatic heterocycles. The van der Waals surface area contributed by atoms with Crippen molar-refractivity contribution in [3.63, 3.8) is 0 Å². The molecule has 0 saturated heterocycles. The Bertz CT molecular complexity index is 747. The van der Waals surface area contributed by atoms with Gasteiger partial charge in [0.15, 0.2) is 0 Å². The molecule has 2 heterocycles. The van der Waals surface area contributed by atoms with Crippen molar-refractivity contribution in [1.82, 2.24) is 15.0 Å². The van der Waals surface area contributed by atoms with E-state index in [1.165, 1.54) is 17.5 Å². The van der Waals surface area contributed by atoms with Gasteiger partial charge in [-0.15, -0.1) is 11.3 Å². The highest BCUT2D eigenvalue weighted by molar-refractivity contribution is 7.18. The van der Waals surface area contributed by atoms with Crippen molar-refractivity contribution < 1.29 is 0 Å². The second kappa shape index (κ2) is 4.79. The number of aromatic nitrogens is 3. The zero-order valence-electron chi connectivity index (χ0n) is 10.7. The molecule has 0 unspecified atom stereocenters. The molecule has 4 rings (SSSR count). The lowest BCUT2D eigenvalue weighted by molar-refractivity contribution is 0.886. The highest BCUT2D eigenvalue weighted by Gasteiger charge is 2.27. The topological polar surface area (TPSA) is 38.7 Å². The number of halogens is 1. The maximum absolute atomic E-state index is 6.10. The van der Waals surface area contributed by atoms with E-state index in [1.54, 1.807) is 11.3 Å². The molecule has 3 aromatic rings. The Morgan fingerprint density at radius 3 is 2.80 bits per heavy atom. The molecule has 5 heteroatoms. The lowest BCUT2D eigenvalue weighted by Gasteiger charge is -2.02. The van der Waals surface area contributed by atoms with Gasteiger partial charge >= 0.3 is 0 Å². The van der Waals surface area contributed by atoms with Gasteiger partial charge in [0.25, 0.3) is 0 Å². The van der Waals surface area contributed by atoms with Crippen molar-refractivity contribution in [1.29, 1.82) is 0 Å². The van der Waals surface area contributed by atoms with Crippen LogP contribution in [0, 0.1) is 0 Å². The average Bonchev–Trinajstić information content (AvgIpc) is 3.19. The summed E-state index contributed by atoms with van der Waals surface area (Å²) >= 11 is 7.81. The smallest absolute Gasteiger partial charge is 0.133 e. The van der Waals surface area contributed by atoms with Crippen LogP contribution in [0.3, 0.4) is 0 Å². The molecule has 1 aliphatic rings. The lowest BCUT2D eigenvalue weighted by atomic mass is 10.3. The summed E-state index contributed by atoms with van der Waals surface area (Å²) < 4.78 is 1.21. The number of rotatable bonds is 3. The fourth-order valence-electron chi connectivity index (χ4n) is 2.25. The number of hydrogen-bond donors (Lipinski definition) is 0. The van der Waals surface area contributed by atoms with Crippen molar-refractivity contribution in [2.45, 2.75) is 25.2 Å². The molecule has 100 valence electrons. The highest BCUT2D eigenvalue weighted by atomic mass is 35.5. The first-order valence-corrected chi connectivity index (χ1v) is 7.85. The summed E-state index contributed by atoms with van der Waals surface area (Å²) in [5, 5.41) is 1.61. The summed E-state index contributed by atoms with van der Waals surface area (Å²) in [5.41, 5.74) is 2.01. The van der Waals surface area contributed by atoms with E-state index in [1.807, 2.05) is 24.3 Å². The quantitative estimate of drug-likeness (QED) is 0.680. The third kappa shape index (κ3) is 2.41. The number of para-hydroxylation sites is 1. The van der Waals surface area contributed by atoms with E-state index >= 15 is 0 Å². The Kier molecular flexibility index (Phi) is 2.93. The fraction of sp³-hybridized carbons (Fsp3) is 0.267. The predicted molar refractivity (Wildman–Crippen MR) is 81.4 cm³/mol. The van der Waals surface area contributed by atoms with Gasteiger partial charge < -0.3 is 0 Å². The minimum atomic E-state index is 0.516. The van der Waals surface area contributed by atoms with E-state index < -0.39 is 0 Å². The van der Waals surface area contributed by atoms with E-state index in [4.69, 9.17) is 11.6 Å². The molecule has 0 radical (unpaired) electrons. The van der Waals surface area contributed by atoms with Crippen LogP contribution in [-0.2, 0) is 6.42 Å². The van der Waals surface area contributed by atoms with Crippen molar-refractivity contribution in [2.24, 2.45) is 0 Å². The molecule has 0 aliphatic heterocycles. The molecular weight excluding hydrogens is 290 g/mol. The van der Waals surface area contributed by atoms with E-state index in [0.29, 0.717) is 11.1 Å². The summed E-state index contributed by atoms with van der Waals surface area (Å²) in [5.74, 6) is 1.41. The Morgan fingerprint density at radius 2 is 2.00 bits per heavy atom. The molecule has 1 saturated carbocycles. The summed E-state index contributed by atoms with van der Waals surface area (Å²) in [6.45, 7) is 0. The Balaban J connectivity index is 1.67. The van der Waals surface area contributed by atoms with Gasteiger partial charge in [0, 0.05) is 12.3 Å².